The van der Waals surface area contributed by atoms with Crippen LogP contribution in [0.3, 0.4) is 0 Å². The van der Waals surface area contributed by atoms with E-state index in [9.17, 15) is 0 Å². The number of benzene rings is 2. The smallest absolute Gasteiger partial charge is 0.0651 e. The number of hydrogen-bond donors (Lipinski definition) is 0. The molecule has 4 nitrogen and oxygen atoms in total. The Morgan fingerprint density at radius 2 is 1.76 bits per heavy atom. The van der Waals surface area contributed by atoms with E-state index in [1.807, 2.05) is 6.07 Å². The van der Waals surface area contributed by atoms with Crippen molar-refractivity contribution in [1.82, 2.24) is 4.57 Å². The molecular weight excluding hydrogens is 260 g/mol. The minimum Gasteiger partial charge on any atom is -0.340 e. The summed E-state index contributed by atoms with van der Waals surface area (Å²) >= 11 is 0. The highest BCUT2D eigenvalue weighted by Crippen LogP contribution is 2.44. The van der Waals surface area contributed by atoms with Crippen molar-refractivity contribution in [3.05, 3.63) is 82.4 Å². The number of rotatable bonds is 2. The molecule has 2 atom stereocenters. The first-order chi connectivity index (χ1) is 10.4. The predicted octanol–water partition coefficient (Wildman–Crippen LogP) is 4.99. The Bertz CT molecular complexity index is 858. The molecule has 3 aromatic rings. The molecule has 21 heavy (non-hydrogen) atoms. The summed E-state index contributed by atoms with van der Waals surface area (Å²) in [5.41, 5.74) is 12.4. The van der Waals surface area contributed by atoms with Gasteiger partial charge < -0.3 is 4.57 Å². The molecule has 0 radical (unpaired) electrons. The normalized spacial score (nSPS) is 20.2. The van der Waals surface area contributed by atoms with Crippen molar-refractivity contribution in [2.24, 2.45) is 5.11 Å². The number of aromatic nitrogens is 1. The molecule has 4 heteroatoms. The lowest BCUT2D eigenvalue weighted by atomic mass is 10.1. The Morgan fingerprint density at radius 1 is 1.00 bits per heavy atom. The average molecular weight is 274 g/mol. The average Bonchev–Trinajstić information content (AvgIpc) is 3.10. The maximum atomic E-state index is 8.79. The van der Waals surface area contributed by atoms with E-state index >= 15 is 0 Å². The van der Waals surface area contributed by atoms with Crippen LogP contribution >= 0.6 is 0 Å². The summed E-state index contributed by atoms with van der Waals surface area (Å²) in [4.78, 5) is 3.01. The van der Waals surface area contributed by atoms with Gasteiger partial charge in [-0.15, -0.1) is 0 Å². The van der Waals surface area contributed by atoms with Gasteiger partial charge in [-0.2, -0.15) is 0 Å². The highest BCUT2D eigenvalue weighted by Gasteiger charge is 2.31. The van der Waals surface area contributed by atoms with E-state index in [0.717, 1.165) is 12.0 Å². The van der Waals surface area contributed by atoms with E-state index in [1.165, 1.54) is 16.5 Å². The second-order valence-corrected chi connectivity index (χ2v) is 5.38. The molecule has 0 fully saturated rings. The van der Waals surface area contributed by atoms with E-state index in [1.54, 1.807) is 0 Å². The number of azide groups is 1. The minimum absolute atomic E-state index is 0.0719. The van der Waals surface area contributed by atoms with Crippen molar-refractivity contribution in [2.75, 3.05) is 0 Å². The molecule has 1 aliphatic carbocycles. The zero-order valence-electron chi connectivity index (χ0n) is 11.4. The summed E-state index contributed by atoms with van der Waals surface area (Å²) in [6.07, 6.45) is 2.95. The van der Waals surface area contributed by atoms with Crippen LogP contribution in [0.15, 0.2) is 65.9 Å². The fraction of sp³-hybridized carbons (Fsp3) is 0.176. The van der Waals surface area contributed by atoms with Gasteiger partial charge in [-0.3, -0.25) is 0 Å². The van der Waals surface area contributed by atoms with Gasteiger partial charge in [0.05, 0.1) is 12.1 Å². The van der Waals surface area contributed by atoms with Gasteiger partial charge >= 0.3 is 0 Å². The summed E-state index contributed by atoms with van der Waals surface area (Å²) in [6.45, 7) is 0. The standard InChI is InChI=1S/C17H14N4/c18-20-19-15-11-17(14-7-3-2-6-13(14)15)21-10-9-12-5-1-4-8-16(12)21/h1-10,15,17H,11H2. The maximum absolute atomic E-state index is 8.79. The predicted molar refractivity (Wildman–Crippen MR) is 83.0 cm³/mol. The zero-order valence-corrected chi connectivity index (χ0v) is 11.4. The topological polar surface area (TPSA) is 53.7 Å². The van der Waals surface area contributed by atoms with Gasteiger partial charge in [0.15, 0.2) is 0 Å². The maximum Gasteiger partial charge on any atom is 0.0651 e. The van der Waals surface area contributed by atoms with Crippen molar-refractivity contribution in [1.29, 1.82) is 0 Å². The lowest BCUT2D eigenvalue weighted by Gasteiger charge is -2.15. The number of nitrogens with zero attached hydrogens (tertiary/aromatic N) is 4. The van der Waals surface area contributed by atoms with Gasteiger partial charge in [-0.1, -0.05) is 47.6 Å². The molecule has 1 aromatic heterocycles. The highest BCUT2D eigenvalue weighted by atomic mass is 15.2. The van der Waals surface area contributed by atoms with Crippen molar-refractivity contribution >= 4 is 10.9 Å². The molecule has 0 saturated heterocycles. The third-order valence-electron chi connectivity index (χ3n) is 4.32. The SMILES string of the molecule is [N-]=[N+]=NC1CC(n2ccc3ccccc32)c2ccccc21. The Morgan fingerprint density at radius 3 is 2.62 bits per heavy atom. The first kappa shape index (κ1) is 12.1. The summed E-state index contributed by atoms with van der Waals surface area (Å²) < 4.78 is 2.29. The third-order valence-corrected chi connectivity index (χ3v) is 4.32. The van der Waals surface area contributed by atoms with E-state index < -0.39 is 0 Å². The highest BCUT2D eigenvalue weighted by molar-refractivity contribution is 5.80. The van der Waals surface area contributed by atoms with Crippen molar-refractivity contribution in [2.45, 2.75) is 18.5 Å². The van der Waals surface area contributed by atoms with Crippen LogP contribution in [0.2, 0.25) is 0 Å². The van der Waals surface area contributed by atoms with Gasteiger partial charge in [0.1, 0.15) is 0 Å². The molecular formula is C17H14N4. The fourth-order valence-corrected chi connectivity index (χ4v) is 3.39. The Kier molecular flexibility index (Phi) is 2.69. The van der Waals surface area contributed by atoms with Crippen LogP contribution in [0.5, 0.6) is 0 Å². The minimum atomic E-state index is -0.0719. The lowest BCUT2D eigenvalue weighted by Crippen LogP contribution is -2.05. The summed E-state index contributed by atoms with van der Waals surface area (Å²) in [5.74, 6) is 0. The number of fused-ring (bicyclic) bond motifs is 2. The zero-order chi connectivity index (χ0) is 14.2. The van der Waals surface area contributed by atoms with E-state index in [4.69, 9.17) is 5.53 Å². The number of para-hydroxylation sites is 1. The van der Waals surface area contributed by atoms with Gasteiger partial charge in [-0.25, -0.2) is 0 Å². The molecule has 2 aromatic carbocycles. The molecule has 1 heterocycles. The Balaban J connectivity index is 1.88. The summed E-state index contributed by atoms with van der Waals surface area (Å²) in [5, 5.41) is 5.21. The van der Waals surface area contributed by atoms with E-state index in [0.29, 0.717) is 0 Å². The summed E-state index contributed by atoms with van der Waals surface area (Å²) in [6, 6.07) is 18.9. The monoisotopic (exact) mass is 274 g/mol. The Hall–Kier alpha value is -2.71. The van der Waals surface area contributed by atoms with Crippen LogP contribution in [0, 0.1) is 0 Å². The van der Waals surface area contributed by atoms with Crippen LogP contribution < -0.4 is 0 Å². The molecule has 0 N–H and O–H groups in total. The lowest BCUT2D eigenvalue weighted by molar-refractivity contribution is 0.548. The molecule has 0 bridgehead atoms. The quantitative estimate of drug-likeness (QED) is 0.359. The van der Waals surface area contributed by atoms with Gasteiger partial charge in [0, 0.05) is 16.6 Å². The van der Waals surface area contributed by atoms with Gasteiger partial charge in [0.25, 0.3) is 0 Å². The molecule has 4 rings (SSSR count). The molecule has 0 saturated carbocycles. The molecule has 0 aliphatic heterocycles. The van der Waals surface area contributed by atoms with Gasteiger partial charge in [0.2, 0.25) is 0 Å². The molecule has 102 valence electrons. The first-order valence-electron chi connectivity index (χ1n) is 7.07. The third kappa shape index (κ3) is 1.81. The van der Waals surface area contributed by atoms with Crippen LogP contribution in [0.25, 0.3) is 21.3 Å². The largest absolute Gasteiger partial charge is 0.340 e. The van der Waals surface area contributed by atoms with Crippen molar-refractivity contribution in [3.63, 3.8) is 0 Å². The van der Waals surface area contributed by atoms with Crippen LogP contribution in [0.4, 0.5) is 0 Å². The molecule has 1 aliphatic rings. The summed E-state index contributed by atoms with van der Waals surface area (Å²) in [7, 11) is 0. The second kappa shape index (κ2) is 4.69. The molecule has 0 spiro atoms. The van der Waals surface area contributed by atoms with Crippen molar-refractivity contribution in [3.8, 4) is 0 Å². The number of hydrogen-bond acceptors (Lipinski definition) is 1. The van der Waals surface area contributed by atoms with Crippen molar-refractivity contribution < 1.29 is 0 Å². The van der Waals surface area contributed by atoms with Crippen LogP contribution in [-0.2, 0) is 0 Å². The second-order valence-electron chi connectivity index (χ2n) is 5.38. The van der Waals surface area contributed by atoms with Gasteiger partial charge in [-0.05, 0) is 40.6 Å². The van der Waals surface area contributed by atoms with E-state index in [2.05, 4.69) is 69.3 Å². The fourth-order valence-electron chi connectivity index (χ4n) is 3.39. The Labute approximate surface area is 122 Å². The van der Waals surface area contributed by atoms with Crippen LogP contribution in [0.1, 0.15) is 29.6 Å². The first-order valence-corrected chi connectivity index (χ1v) is 7.07. The molecule has 0 amide bonds. The molecule has 2 unspecified atom stereocenters. The van der Waals surface area contributed by atoms with E-state index in [-0.39, 0.29) is 12.1 Å². The van der Waals surface area contributed by atoms with Crippen LogP contribution in [-0.4, -0.2) is 4.57 Å².